The molecule has 0 N–H and O–H groups in total. The molecule has 188 valence electrons. The lowest BCUT2D eigenvalue weighted by atomic mass is 9.90. The van der Waals surface area contributed by atoms with Gasteiger partial charge in [-0.15, -0.1) is 0 Å². The Balaban J connectivity index is 1.23. The van der Waals surface area contributed by atoms with Gasteiger partial charge in [-0.2, -0.15) is 0 Å². The summed E-state index contributed by atoms with van der Waals surface area (Å²) in [6.07, 6.45) is 4.99. The number of ketones is 1. The minimum Gasteiger partial charge on any atom is -0.345 e. The normalized spacial score (nSPS) is 17.1. The fraction of sp³-hybridized carbons (Fsp3) is 0.419. The zero-order valence-corrected chi connectivity index (χ0v) is 21.5. The molecule has 2 aromatic carbocycles. The van der Waals surface area contributed by atoms with E-state index in [1.807, 2.05) is 65.6 Å². The molecular weight excluding hydrogens is 446 g/mol. The van der Waals surface area contributed by atoms with Gasteiger partial charge in [0, 0.05) is 49.2 Å². The minimum atomic E-state index is -0.304. The average molecular weight is 484 g/mol. The second-order valence-corrected chi connectivity index (χ2v) is 10.4. The first-order chi connectivity index (χ1) is 17.5. The van der Waals surface area contributed by atoms with Gasteiger partial charge in [0.05, 0.1) is 12.5 Å². The van der Waals surface area contributed by atoms with Crippen LogP contribution >= 0.6 is 0 Å². The number of hydrogen-bond donors (Lipinski definition) is 0. The SMILES string of the molecule is Cc1cc(C(=O)CN2CCN(C(=O)C(c3ccccc3)c3ccccc3)CC2)c(C)n1C1CCCC1. The van der Waals surface area contributed by atoms with E-state index in [9.17, 15) is 9.59 Å². The smallest absolute Gasteiger partial charge is 0.234 e. The molecule has 1 aliphatic heterocycles. The fourth-order valence-corrected chi connectivity index (χ4v) is 6.15. The lowest BCUT2D eigenvalue weighted by molar-refractivity contribution is -0.133. The van der Waals surface area contributed by atoms with Gasteiger partial charge in [0.15, 0.2) is 5.78 Å². The number of aromatic nitrogens is 1. The van der Waals surface area contributed by atoms with Crippen molar-refractivity contribution in [3.05, 3.63) is 94.8 Å². The Hall–Kier alpha value is -3.18. The highest BCUT2D eigenvalue weighted by atomic mass is 16.2. The molecule has 5 rings (SSSR count). The molecule has 0 bridgehead atoms. The molecule has 0 atom stereocenters. The van der Waals surface area contributed by atoms with Crippen LogP contribution in [-0.4, -0.2) is 58.8 Å². The van der Waals surface area contributed by atoms with Crippen molar-refractivity contribution in [3.8, 4) is 0 Å². The van der Waals surface area contributed by atoms with Crippen molar-refractivity contribution in [1.29, 1.82) is 0 Å². The summed E-state index contributed by atoms with van der Waals surface area (Å²) in [6.45, 7) is 7.36. The van der Waals surface area contributed by atoms with Crippen molar-refractivity contribution in [1.82, 2.24) is 14.4 Å². The van der Waals surface area contributed by atoms with E-state index in [2.05, 4.69) is 29.4 Å². The van der Waals surface area contributed by atoms with Crippen molar-refractivity contribution < 1.29 is 9.59 Å². The van der Waals surface area contributed by atoms with E-state index in [-0.39, 0.29) is 17.6 Å². The number of amides is 1. The maximum atomic E-state index is 13.7. The number of aryl methyl sites for hydroxylation is 1. The Bertz CT molecular complexity index is 1150. The number of rotatable bonds is 7. The summed E-state index contributed by atoms with van der Waals surface area (Å²) < 4.78 is 2.39. The van der Waals surface area contributed by atoms with Gasteiger partial charge in [0.25, 0.3) is 0 Å². The Morgan fingerprint density at radius 1 is 0.833 bits per heavy atom. The summed E-state index contributed by atoms with van der Waals surface area (Å²) in [6, 6.07) is 22.7. The predicted molar refractivity (Wildman–Crippen MR) is 143 cm³/mol. The molecule has 1 saturated heterocycles. The number of piperazine rings is 1. The van der Waals surface area contributed by atoms with E-state index in [1.165, 1.54) is 31.4 Å². The zero-order valence-electron chi connectivity index (χ0n) is 21.5. The van der Waals surface area contributed by atoms with E-state index in [4.69, 9.17) is 0 Å². The minimum absolute atomic E-state index is 0.137. The lowest BCUT2D eigenvalue weighted by Crippen LogP contribution is -2.51. The van der Waals surface area contributed by atoms with Crippen LogP contribution in [0, 0.1) is 13.8 Å². The molecule has 5 heteroatoms. The molecule has 2 aliphatic rings. The number of carbonyl (C=O) groups is 2. The van der Waals surface area contributed by atoms with Gasteiger partial charge in [-0.1, -0.05) is 73.5 Å². The predicted octanol–water partition coefficient (Wildman–Crippen LogP) is 5.38. The van der Waals surface area contributed by atoms with Gasteiger partial charge in [-0.05, 0) is 43.9 Å². The molecule has 36 heavy (non-hydrogen) atoms. The first-order valence-corrected chi connectivity index (χ1v) is 13.4. The summed E-state index contributed by atoms with van der Waals surface area (Å²) in [5.41, 5.74) is 5.22. The van der Waals surface area contributed by atoms with Crippen LogP contribution in [0.5, 0.6) is 0 Å². The van der Waals surface area contributed by atoms with Gasteiger partial charge < -0.3 is 9.47 Å². The summed E-state index contributed by atoms with van der Waals surface area (Å²) in [5, 5.41) is 0. The number of benzene rings is 2. The Labute approximate surface area is 214 Å². The molecule has 1 amide bonds. The van der Waals surface area contributed by atoms with Crippen LogP contribution in [0.15, 0.2) is 66.7 Å². The van der Waals surface area contributed by atoms with E-state index in [0.29, 0.717) is 25.7 Å². The molecule has 2 heterocycles. The van der Waals surface area contributed by atoms with Crippen molar-refractivity contribution in [2.75, 3.05) is 32.7 Å². The molecule has 0 spiro atoms. The Morgan fingerprint density at radius 2 is 1.39 bits per heavy atom. The van der Waals surface area contributed by atoms with E-state index in [1.54, 1.807) is 0 Å². The highest BCUT2D eigenvalue weighted by Gasteiger charge is 2.31. The zero-order chi connectivity index (χ0) is 25.1. The fourth-order valence-electron chi connectivity index (χ4n) is 6.15. The highest BCUT2D eigenvalue weighted by Crippen LogP contribution is 2.33. The molecule has 5 nitrogen and oxygen atoms in total. The van der Waals surface area contributed by atoms with E-state index >= 15 is 0 Å². The second-order valence-electron chi connectivity index (χ2n) is 10.4. The Morgan fingerprint density at radius 3 is 1.94 bits per heavy atom. The van der Waals surface area contributed by atoms with Gasteiger partial charge in [-0.25, -0.2) is 0 Å². The van der Waals surface area contributed by atoms with E-state index < -0.39 is 0 Å². The molecule has 2 fully saturated rings. The van der Waals surface area contributed by atoms with E-state index in [0.717, 1.165) is 35.5 Å². The average Bonchev–Trinajstić information content (AvgIpc) is 3.53. The quantitative estimate of drug-likeness (QED) is 0.424. The van der Waals surface area contributed by atoms with Crippen LogP contribution < -0.4 is 0 Å². The van der Waals surface area contributed by atoms with Crippen LogP contribution in [0.3, 0.4) is 0 Å². The summed E-state index contributed by atoms with van der Waals surface area (Å²) in [7, 11) is 0. The maximum Gasteiger partial charge on any atom is 0.234 e. The third-order valence-electron chi connectivity index (χ3n) is 8.04. The van der Waals surface area contributed by atoms with Crippen LogP contribution in [0.25, 0.3) is 0 Å². The van der Waals surface area contributed by atoms with Crippen LogP contribution in [0.2, 0.25) is 0 Å². The Kier molecular flexibility index (Phi) is 7.38. The van der Waals surface area contributed by atoms with Gasteiger partial charge in [-0.3, -0.25) is 14.5 Å². The monoisotopic (exact) mass is 483 g/mol. The molecule has 1 aromatic heterocycles. The number of hydrogen-bond acceptors (Lipinski definition) is 3. The standard InChI is InChI=1S/C31H37N3O2/c1-23-21-28(24(2)34(23)27-15-9-10-16-27)29(35)22-32-17-19-33(20-18-32)31(36)30(25-11-5-3-6-12-25)26-13-7-4-8-14-26/h3-8,11-14,21,27,30H,9-10,15-20,22H2,1-2H3. The second kappa shape index (κ2) is 10.8. The van der Waals surface area contributed by atoms with Crippen molar-refractivity contribution in [2.24, 2.45) is 0 Å². The maximum absolute atomic E-state index is 13.7. The van der Waals surface area contributed by atoms with Crippen LogP contribution in [0.1, 0.15) is 70.5 Å². The van der Waals surface area contributed by atoms with Crippen molar-refractivity contribution >= 4 is 11.7 Å². The molecule has 3 aromatic rings. The number of carbonyl (C=O) groups excluding carboxylic acids is 2. The summed E-state index contributed by atoms with van der Waals surface area (Å²) >= 11 is 0. The molecule has 1 saturated carbocycles. The van der Waals surface area contributed by atoms with Gasteiger partial charge >= 0.3 is 0 Å². The number of Topliss-reactive ketones (excluding diaryl/α,β-unsaturated/α-hetero) is 1. The topological polar surface area (TPSA) is 45.6 Å². The summed E-state index contributed by atoms with van der Waals surface area (Å²) in [5.74, 6) is 0.0265. The van der Waals surface area contributed by atoms with Gasteiger partial charge in [0.2, 0.25) is 5.91 Å². The third kappa shape index (κ3) is 5.03. The van der Waals surface area contributed by atoms with Gasteiger partial charge in [0.1, 0.15) is 0 Å². The largest absolute Gasteiger partial charge is 0.345 e. The van der Waals surface area contributed by atoms with Crippen molar-refractivity contribution in [3.63, 3.8) is 0 Å². The molecule has 0 unspecified atom stereocenters. The molecular formula is C31H37N3O2. The highest BCUT2D eigenvalue weighted by molar-refractivity contribution is 5.99. The molecule has 0 radical (unpaired) electrons. The first-order valence-electron chi connectivity index (χ1n) is 13.4. The van der Waals surface area contributed by atoms with Crippen molar-refractivity contribution in [2.45, 2.75) is 51.5 Å². The lowest BCUT2D eigenvalue weighted by Gasteiger charge is -2.36. The summed E-state index contributed by atoms with van der Waals surface area (Å²) in [4.78, 5) is 31.1. The third-order valence-corrected chi connectivity index (χ3v) is 8.04. The van der Waals surface area contributed by atoms with Crippen LogP contribution in [0.4, 0.5) is 0 Å². The molecule has 1 aliphatic carbocycles. The first kappa shape index (κ1) is 24.5. The van der Waals surface area contributed by atoms with Crippen LogP contribution in [-0.2, 0) is 4.79 Å². The number of nitrogens with zero attached hydrogens (tertiary/aromatic N) is 3.